The maximum Gasteiger partial charge on any atom is 0.209 e. The quantitative estimate of drug-likeness (QED) is 0.226. The van der Waals surface area contributed by atoms with Crippen LogP contribution in [0.2, 0.25) is 0 Å². The molecule has 11 heteroatoms. The van der Waals surface area contributed by atoms with Crippen LogP contribution in [0.1, 0.15) is 12.0 Å². The van der Waals surface area contributed by atoms with Crippen molar-refractivity contribution in [3.05, 3.63) is 47.3 Å². The molecule has 1 amide bonds. The van der Waals surface area contributed by atoms with Crippen molar-refractivity contribution in [3.8, 4) is 0 Å². The lowest BCUT2D eigenvalue weighted by molar-refractivity contribution is -0.117. The number of carbonyl (C=O) groups excluding carboxylic acids is 1. The summed E-state index contributed by atoms with van der Waals surface area (Å²) in [4.78, 5) is 28.3. The topological polar surface area (TPSA) is 104 Å². The maximum atomic E-state index is 10.9. The number of fused-ring (bicyclic) bond motifs is 1. The molecule has 0 spiro atoms. The fourth-order valence-electron chi connectivity index (χ4n) is 3.93. The Balaban J connectivity index is 0.000000342. The van der Waals surface area contributed by atoms with Crippen LogP contribution in [0.4, 0.5) is 23.0 Å². The summed E-state index contributed by atoms with van der Waals surface area (Å²) in [5.41, 5.74) is 4.95. The van der Waals surface area contributed by atoms with Crippen LogP contribution in [0.5, 0.6) is 0 Å². The van der Waals surface area contributed by atoms with Crippen LogP contribution in [-0.2, 0) is 14.3 Å². The molecule has 2 aromatic rings. The van der Waals surface area contributed by atoms with Gasteiger partial charge in [-0.3, -0.25) is 9.79 Å². The minimum atomic E-state index is 0.647. The lowest BCUT2D eigenvalue weighted by atomic mass is 9.95. The van der Waals surface area contributed by atoms with Crippen molar-refractivity contribution in [2.75, 3.05) is 77.8 Å². The van der Waals surface area contributed by atoms with Crippen molar-refractivity contribution in [1.82, 2.24) is 19.8 Å². The van der Waals surface area contributed by atoms with E-state index in [1.807, 2.05) is 18.2 Å². The normalized spacial score (nSPS) is 14.4. The number of benzene rings is 1. The molecule has 0 aliphatic carbocycles. The molecule has 204 valence electrons. The number of nitrogens with one attached hydrogen (secondary N) is 2. The van der Waals surface area contributed by atoms with E-state index < -0.39 is 0 Å². The van der Waals surface area contributed by atoms with E-state index >= 15 is 0 Å². The van der Waals surface area contributed by atoms with Crippen LogP contribution in [-0.4, -0.2) is 100 Å². The molecule has 0 unspecified atom stereocenters. The SMILES string of the molecule is C=Nc1ccc(Nc2ncnc3c2C=C(C2=CCN(C=O)CC2)CN3)cc1S.COCCN(C)CCOC. The van der Waals surface area contributed by atoms with Crippen molar-refractivity contribution >= 4 is 54.8 Å². The lowest BCUT2D eigenvalue weighted by Gasteiger charge is -2.26. The number of aliphatic imine (C=N–C) groups is 1. The third-order valence-corrected chi connectivity index (χ3v) is 6.57. The van der Waals surface area contributed by atoms with Crippen molar-refractivity contribution < 1.29 is 14.3 Å². The van der Waals surface area contributed by atoms with Crippen molar-refractivity contribution in [2.24, 2.45) is 4.99 Å². The molecule has 1 aromatic heterocycles. The van der Waals surface area contributed by atoms with Gasteiger partial charge in [0.1, 0.15) is 18.0 Å². The van der Waals surface area contributed by atoms with Gasteiger partial charge < -0.3 is 29.9 Å². The fraction of sp³-hybridized carbons (Fsp3) is 0.407. The Bertz CT molecular complexity index is 1150. The molecular formula is C27H37N7O3S. The van der Waals surface area contributed by atoms with Crippen LogP contribution >= 0.6 is 12.6 Å². The number of anilines is 3. The predicted molar refractivity (Wildman–Crippen MR) is 156 cm³/mol. The van der Waals surface area contributed by atoms with Gasteiger partial charge in [0.05, 0.1) is 24.5 Å². The van der Waals surface area contributed by atoms with Gasteiger partial charge in [0, 0.05) is 57.5 Å². The van der Waals surface area contributed by atoms with Crippen LogP contribution < -0.4 is 10.6 Å². The molecular weight excluding hydrogens is 502 g/mol. The average molecular weight is 540 g/mol. The van der Waals surface area contributed by atoms with Gasteiger partial charge in [0.25, 0.3) is 0 Å². The first kappa shape index (κ1) is 29.3. The molecule has 4 rings (SSSR count). The number of hydrogen-bond donors (Lipinski definition) is 3. The summed E-state index contributed by atoms with van der Waals surface area (Å²) in [7, 11) is 5.48. The van der Waals surface area contributed by atoms with Gasteiger partial charge in [-0.15, -0.1) is 12.6 Å². The van der Waals surface area contributed by atoms with Crippen LogP contribution in [0, 0.1) is 0 Å². The highest BCUT2D eigenvalue weighted by atomic mass is 32.1. The maximum absolute atomic E-state index is 10.9. The molecule has 10 nitrogen and oxygen atoms in total. The molecule has 38 heavy (non-hydrogen) atoms. The summed E-state index contributed by atoms with van der Waals surface area (Å²) in [5.74, 6) is 1.51. The molecule has 0 bridgehead atoms. The number of thiol groups is 1. The molecule has 1 aromatic carbocycles. The number of ether oxygens (including phenoxy) is 2. The summed E-state index contributed by atoms with van der Waals surface area (Å²) in [5, 5.41) is 6.71. The molecule has 2 N–H and O–H groups in total. The standard InChI is InChI=1S/C20H20N6OS.C7H17NO2/c1-21-17-3-2-15(9-18(17)28)25-20-16-8-14(10-22-19(16)23-11-24-20)13-4-6-26(12-27)7-5-13;1-8(4-6-9-2)5-7-10-3/h2-4,8-9,11-12,28H,1,5-7,10H2,(H2,22,23,24,25);4-7H2,1-3H3. The van der Waals surface area contributed by atoms with Gasteiger partial charge in [-0.2, -0.15) is 0 Å². The summed E-state index contributed by atoms with van der Waals surface area (Å²) in [6, 6.07) is 5.66. The van der Waals surface area contributed by atoms with Gasteiger partial charge in [0.15, 0.2) is 0 Å². The highest BCUT2D eigenvalue weighted by molar-refractivity contribution is 7.80. The first-order valence-corrected chi connectivity index (χ1v) is 12.8. The smallest absolute Gasteiger partial charge is 0.209 e. The van der Waals surface area contributed by atoms with Crippen LogP contribution in [0.25, 0.3) is 6.08 Å². The van der Waals surface area contributed by atoms with E-state index in [0.29, 0.717) is 18.9 Å². The first-order chi connectivity index (χ1) is 18.5. The largest absolute Gasteiger partial charge is 0.383 e. The molecule has 2 aliphatic rings. The minimum absolute atomic E-state index is 0.647. The third-order valence-electron chi connectivity index (χ3n) is 6.21. The molecule has 0 atom stereocenters. The highest BCUT2D eigenvalue weighted by Gasteiger charge is 2.20. The van der Waals surface area contributed by atoms with E-state index in [9.17, 15) is 4.79 Å². The van der Waals surface area contributed by atoms with Gasteiger partial charge in [0.2, 0.25) is 6.41 Å². The van der Waals surface area contributed by atoms with Gasteiger partial charge in [-0.25, -0.2) is 9.97 Å². The Morgan fingerprint density at radius 2 is 2.00 bits per heavy atom. The molecule has 0 saturated carbocycles. The summed E-state index contributed by atoms with van der Waals surface area (Å²) < 4.78 is 9.82. The number of carbonyl (C=O) groups is 1. The molecule has 0 radical (unpaired) electrons. The third kappa shape index (κ3) is 8.38. The highest BCUT2D eigenvalue weighted by Crippen LogP contribution is 2.33. The molecule has 0 fully saturated rings. The van der Waals surface area contributed by atoms with Crippen molar-refractivity contribution in [2.45, 2.75) is 11.3 Å². The number of amides is 1. The molecule has 2 aliphatic heterocycles. The van der Waals surface area contributed by atoms with Crippen LogP contribution in [0.15, 0.2) is 51.6 Å². The van der Waals surface area contributed by atoms with Crippen molar-refractivity contribution in [1.29, 1.82) is 0 Å². The van der Waals surface area contributed by atoms with E-state index in [2.05, 4.69) is 69.0 Å². The Kier molecular flexibility index (Phi) is 11.7. The Hall–Kier alpha value is -3.25. The zero-order valence-electron chi connectivity index (χ0n) is 22.3. The number of hydrogen-bond acceptors (Lipinski definition) is 10. The van der Waals surface area contributed by atoms with E-state index in [1.165, 1.54) is 17.5 Å². The summed E-state index contributed by atoms with van der Waals surface area (Å²) in [6.07, 6.45) is 7.52. The van der Waals surface area contributed by atoms with Crippen molar-refractivity contribution in [3.63, 3.8) is 0 Å². The zero-order chi connectivity index (χ0) is 27.3. The predicted octanol–water partition coefficient (Wildman–Crippen LogP) is 3.65. The monoisotopic (exact) mass is 539 g/mol. The number of aromatic nitrogens is 2. The van der Waals surface area contributed by atoms with E-state index in [4.69, 9.17) is 9.47 Å². The fourth-order valence-corrected chi connectivity index (χ4v) is 4.22. The number of rotatable bonds is 11. The Morgan fingerprint density at radius 3 is 2.61 bits per heavy atom. The first-order valence-electron chi connectivity index (χ1n) is 12.4. The second-order valence-electron chi connectivity index (χ2n) is 8.86. The second kappa shape index (κ2) is 15.2. The summed E-state index contributed by atoms with van der Waals surface area (Å²) in [6.45, 7) is 9.16. The van der Waals surface area contributed by atoms with Gasteiger partial charge in [-0.05, 0) is 55.6 Å². The molecule has 0 saturated heterocycles. The van der Waals surface area contributed by atoms with E-state index in [-0.39, 0.29) is 0 Å². The average Bonchev–Trinajstić information content (AvgIpc) is 2.95. The number of nitrogens with zero attached hydrogens (tertiary/aromatic N) is 5. The van der Waals surface area contributed by atoms with E-state index in [1.54, 1.807) is 19.1 Å². The Morgan fingerprint density at radius 1 is 1.24 bits per heavy atom. The van der Waals surface area contributed by atoms with Crippen LogP contribution in [0.3, 0.4) is 0 Å². The Labute approximate surface area is 230 Å². The zero-order valence-corrected chi connectivity index (χ0v) is 23.2. The number of likely N-dealkylation sites (N-methyl/N-ethyl adjacent to an activating group) is 1. The van der Waals surface area contributed by atoms with Gasteiger partial charge in [-0.1, -0.05) is 6.08 Å². The lowest BCUT2D eigenvalue weighted by Crippen LogP contribution is -2.28. The molecule has 3 heterocycles. The second-order valence-corrected chi connectivity index (χ2v) is 9.34. The van der Waals surface area contributed by atoms with E-state index in [0.717, 1.165) is 73.3 Å². The summed E-state index contributed by atoms with van der Waals surface area (Å²) >= 11 is 4.44. The van der Waals surface area contributed by atoms with Gasteiger partial charge >= 0.3 is 0 Å². The minimum Gasteiger partial charge on any atom is -0.383 e. The number of methoxy groups -OCH3 is 2.